The number of nitrogen functional groups attached to an aromatic ring is 1. The van der Waals surface area contributed by atoms with Crippen LogP contribution in [-0.2, 0) is 4.79 Å². The standard InChI is InChI=1S/C27H30ClN7O3/c28-18-9-10-20-22(16-18)31-24(29)17-23(20)33-12-14-34(15-13-33)26(37)32-21-8-4-5-11-35(25(21)36)27(38)30-19-6-2-1-3-7-19/h1-3,6-7,9-10,16-17,21H,4-5,8,11-15H2,(H2,29,31)(H,30,38)(H,32,37). The summed E-state index contributed by atoms with van der Waals surface area (Å²) in [6.07, 6.45) is 1.91. The molecule has 0 saturated carbocycles. The summed E-state index contributed by atoms with van der Waals surface area (Å²) in [5.41, 5.74) is 8.32. The number of hydrogen-bond donors (Lipinski definition) is 3. The molecule has 2 aliphatic rings. The van der Waals surface area contributed by atoms with Crippen LogP contribution >= 0.6 is 11.6 Å². The molecule has 198 valence electrons. The summed E-state index contributed by atoms with van der Waals surface area (Å²) in [4.78, 5) is 48.6. The van der Waals surface area contributed by atoms with Crippen molar-refractivity contribution in [3.8, 4) is 0 Å². The van der Waals surface area contributed by atoms with Crippen LogP contribution in [0.5, 0.6) is 0 Å². The van der Waals surface area contributed by atoms with Gasteiger partial charge in [0.15, 0.2) is 0 Å². The van der Waals surface area contributed by atoms with Crippen LogP contribution in [0.1, 0.15) is 19.3 Å². The number of nitrogens with one attached hydrogen (secondary N) is 2. The van der Waals surface area contributed by atoms with Crippen molar-refractivity contribution in [1.29, 1.82) is 0 Å². The molecule has 2 fully saturated rings. The van der Waals surface area contributed by atoms with E-state index in [0.717, 1.165) is 23.0 Å². The van der Waals surface area contributed by atoms with E-state index < -0.39 is 12.1 Å². The molecule has 11 heteroatoms. The number of fused-ring (bicyclic) bond motifs is 1. The number of hydrogen-bond acceptors (Lipinski definition) is 6. The van der Waals surface area contributed by atoms with Crippen LogP contribution in [0.25, 0.3) is 10.9 Å². The minimum absolute atomic E-state index is 0.306. The van der Waals surface area contributed by atoms with Gasteiger partial charge in [0.25, 0.3) is 5.91 Å². The van der Waals surface area contributed by atoms with Gasteiger partial charge in [-0.25, -0.2) is 14.6 Å². The first-order valence-electron chi connectivity index (χ1n) is 12.7. The summed E-state index contributed by atoms with van der Waals surface area (Å²) in [6.45, 7) is 2.46. The number of aromatic nitrogens is 1. The van der Waals surface area contributed by atoms with Crippen molar-refractivity contribution in [1.82, 2.24) is 20.1 Å². The van der Waals surface area contributed by atoms with Crippen molar-refractivity contribution in [2.24, 2.45) is 0 Å². The van der Waals surface area contributed by atoms with Gasteiger partial charge in [-0.15, -0.1) is 0 Å². The molecule has 5 rings (SSSR count). The normalized spacial score (nSPS) is 18.3. The van der Waals surface area contributed by atoms with E-state index in [2.05, 4.69) is 20.5 Å². The predicted octanol–water partition coefficient (Wildman–Crippen LogP) is 3.92. The zero-order valence-electron chi connectivity index (χ0n) is 20.9. The van der Waals surface area contributed by atoms with Crippen LogP contribution in [0.2, 0.25) is 5.02 Å². The first kappa shape index (κ1) is 25.6. The number of pyridine rings is 1. The number of anilines is 3. The van der Waals surface area contributed by atoms with E-state index in [9.17, 15) is 14.4 Å². The van der Waals surface area contributed by atoms with Gasteiger partial charge in [-0.2, -0.15) is 0 Å². The van der Waals surface area contributed by atoms with E-state index in [1.165, 1.54) is 4.90 Å². The fourth-order valence-electron chi connectivity index (χ4n) is 4.94. The first-order chi connectivity index (χ1) is 18.4. The third-order valence-electron chi connectivity index (χ3n) is 6.93. The van der Waals surface area contributed by atoms with E-state index in [1.54, 1.807) is 23.1 Å². The minimum atomic E-state index is -0.752. The van der Waals surface area contributed by atoms with Gasteiger partial charge in [0.2, 0.25) is 0 Å². The van der Waals surface area contributed by atoms with E-state index in [1.807, 2.05) is 36.4 Å². The van der Waals surface area contributed by atoms with Gasteiger partial charge in [-0.05, 0) is 49.6 Å². The fraction of sp³-hybridized carbons (Fsp3) is 0.333. The summed E-state index contributed by atoms with van der Waals surface area (Å²) in [5, 5.41) is 7.18. The number of benzene rings is 2. The third kappa shape index (κ3) is 5.60. The van der Waals surface area contributed by atoms with Crippen molar-refractivity contribution in [3.05, 3.63) is 59.6 Å². The fourth-order valence-corrected chi connectivity index (χ4v) is 5.11. The molecule has 1 aromatic heterocycles. The lowest BCUT2D eigenvalue weighted by Gasteiger charge is -2.37. The van der Waals surface area contributed by atoms with Crippen molar-refractivity contribution < 1.29 is 14.4 Å². The Balaban J connectivity index is 1.21. The smallest absolute Gasteiger partial charge is 0.328 e. The molecule has 1 atom stereocenters. The molecule has 5 amide bonds. The summed E-state index contributed by atoms with van der Waals surface area (Å²) >= 11 is 6.13. The Bertz CT molecular complexity index is 1340. The number of carbonyl (C=O) groups is 3. The number of imide groups is 1. The molecule has 4 N–H and O–H groups in total. The van der Waals surface area contributed by atoms with Gasteiger partial charge < -0.3 is 26.2 Å². The van der Waals surface area contributed by atoms with Crippen LogP contribution in [0.15, 0.2) is 54.6 Å². The van der Waals surface area contributed by atoms with Gasteiger partial charge in [0.05, 0.1) is 5.52 Å². The maximum absolute atomic E-state index is 13.2. The second-order valence-electron chi connectivity index (χ2n) is 9.49. The van der Waals surface area contributed by atoms with Crippen molar-refractivity contribution in [2.75, 3.05) is 48.7 Å². The molecule has 3 aromatic rings. The highest BCUT2D eigenvalue weighted by Crippen LogP contribution is 2.30. The molecule has 0 spiro atoms. The summed E-state index contributed by atoms with van der Waals surface area (Å²) in [6, 6.07) is 14.8. The molecule has 3 heterocycles. The molecule has 10 nitrogen and oxygen atoms in total. The molecule has 0 bridgehead atoms. The molecule has 1 unspecified atom stereocenters. The van der Waals surface area contributed by atoms with Gasteiger partial charge >= 0.3 is 12.1 Å². The number of para-hydroxylation sites is 1. The number of nitrogens with zero attached hydrogens (tertiary/aromatic N) is 4. The molecule has 2 aromatic carbocycles. The monoisotopic (exact) mass is 535 g/mol. The molecule has 38 heavy (non-hydrogen) atoms. The Morgan fingerprint density at radius 3 is 2.47 bits per heavy atom. The largest absolute Gasteiger partial charge is 0.384 e. The highest BCUT2D eigenvalue weighted by atomic mass is 35.5. The van der Waals surface area contributed by atoms with Crippen LogP contribution in [0.3, 0.4) is 0 Å². The van der Waals surface area contributed by atoms with Crippen molar-refractivity contribution in [3.63, 3.8) is 0 Å². The maximum atomic E-state index is 13.2. The van der Waals surface area contributed by atoms with Crippen molar-refractivity contribution in [2.45, 2.75) is 25.3 Å². The van der Waals surface area contributed by atoms with Gasteiger partial charge in [0.1, 0.15) is 11.9 Å². The molecule has 0 radical (unpaired) electrons. The molecule has 0 aliphatic carbocycles. The summed E-state index contributed by atoms with van der Waals surface area (Å²) < 4.78 is 0. The second-order valence-corrected chi connectivity index (χ2v) is 9.92. The Morgan fingerprint density at radius 1 is 0.947 bits per heavy atom. The van der Waals surface area contributed by atoms with Crippen LogP contribution in [-0.4, -0.2) is 71.5 Å². The number of amides is 5. The number of urea groups is 2. The van der Waals surface area contributed by atoms with E-state index in [-0.39, 0.29) is 11.9 Å². The SMILES string of the molecule is Nc1cc(N2CCN(C(=O)NC3CCCCN(C(=O)Nc4ccccc4)C3=O)CC2)c2ccc(Cl)cc2n1. The number of halogens is 1. The van der Waals surface area contributed by atoms with Crippen LogP contribution in [0.4, 0.5) is 26.8 Å². The number of rotatable bonds is 3. The Morgan fingerprint density at radius 2 is 1.71 bits per heavy atom. The van der Waals surface area contributed by atoms with Gasteiger partial charge in [-0.1, -0.05) is 29.8 Å². The van der Waals surface area contributed by atoms with Gasteiger partial charge in [-0.3, -0.25) is 9.69 Å². The highest BCUT2D eigenvalue weighted by molar-refractivity contribution is 6.31. The van der Waals surface area contributed by atoms with E-state index in [4.69, 9.17) is 17.3 Å². The minimum Gasteiger partial charge on any atom is -0.384 e. The number of nitrogens with two attached hydrogens (primary N) is 1. The quantitative estimate of drug-likeness (QED) is 0.467. The molecular weight excluding hydrogens is 506 g/mol. The summed E-state index contributed by atoms with van der Waals surface area (Å²) in [5.74, 6) is 0.0166. The number of piperazine rings is 1. The number of carbonyl (C=O) groups excluding carboxylic acids is 3. The second kappa shape index (κ2) is 11.1. The third-order valence-corrected chi connectivity index (χ3v) is 7.17. The lowest BCUT2D eigenvalue weighted by molar-refractivity contribution is -0.129. The number of likely N-dealkylation sites (tertiary alicyclic amines) is 1. The van der Waals surface area contributed by atoms with Gasteiger partial charge in [0, 0.05) is 60.6 Å². The lowest BCUT2D eigenvalue weighted by atomic mass is 10.1. The topological polar surface area (TPSA) is 124 Å². The Kier molecular flexibility index (Phi) is 7.50. The molecule has 2 saturated heterocycles. The van der Waals surface area contributed by atoms with Crippen LogP contribution < -0.4 is 21.3 Å². The highest BCUT2D eigenvalue weighted by Gasteiger charge is 2.33. The van der Waals surface area contributed by atoms with E-state index >= 15 is 0 Å². The Labute approximate surface area is 225 Å². The Hall–Kier alpha value is -4.05. The average molecular weight is 536 g/mol. The zero-order valence-corrected chi connectivity index (χ0v) is 21.7. The summed E-state index contributed by atoms with van der Waals surface area (Å²) in [7, 11) is 0. The maximum Gasteiger partial charge on any atom is 0.328 e. The van der Waals surface area contributed by atoms with Crippen molar-refractivity contribution >= 4 is 57.7 Å². The van der Waals surface area contributed by atoms with E-state index in [0.29, 0.717) is 62.1 Å². The lowest BCUT2D eigenvalue weighted by Crippen LogP contribution is -2.56. The zero-order chi connectivity index (χ0) is 26.6. The van der Waals surface area contributed by atoms with Crippen LogP contribution in [0, 0.1) is 0 Å². The average Bonchev–Trinajstić information content (AvgIpc) is 3.09. The molecule has 2 aliphatic heterocycles. The molecular formula is C27H30ClN7O3. The predicted molar refractivity (Wildman–Crippen MR) is 148 cm³/mol. The first-order valence-corrected chi connectivity index (χ1v) is 13.1.